The molecule has 0 aromatic heterocycles. The fourth-order valence-electron chi connectivity index (χ4n) is 2.74. The Morgan fingerprint density at radius 1 is 1.33 bits per heavy atom. The van der Waals surface area contributed by atoms with Crippen molar-refractivity contribution in [2.75, 3.05) is 18.0 Å². The van der Waals surface area contributed by atoms with Gasteiger partial charge in [0.15, 0.2) is 0 Å². The van der Waals surface area contributed by atoms with E-state index in [9.17, 15) is 17.6 Å². The summed E-state index contributed by atoms with van der Waals surface area (Å²) in [5.74, 6) is -1.22. The Hall–Kier alpha value is -1.30. The number of nitrogens with one attached hydrogen (secondary N) is 1. The van der Waals surface area contributed by atoms with Gasteiger partial charge in [-0.1, -0.05) is 13.3 Å². The summed E-state index contributed by atoms with van der Waals surface area (Å²) in [6.07, 6.45) is -2.69. The molecule has 2 rings (SSSR count). The van der Waals surface area contributed by atoms with E-state index in [1.54, 1.807) is 0 Å². The lowest BCUT2D eigenvalue weighted by Crippen LogP contribution is -2.55. The fraction of sp³-hybridized carbons (Fsp3) is 0.600. The van der Waals surface area contributed by atoms with E-state index in [0.29, 0.717) is 18.8 Å². The maximum atomic E-state index is 13.4. The second kappa shape index (κ2) is 6.22. The quantitative estimate of drug-likeness (QED) is 0.854. The van der Waals surface area contributed by atoms with E-state index in [2.05, 4.69) is 12.2 Å². The number of nitrogens with zero attached hydrogens (tertiary/aromatic N) is 1. The highest BCUT2D eigenvalue weighted by molar-refractivity contribution is 5.51. The fourth-order valence-corrected chi connectivity index (χ4v) is 2.74. The van der Waals surface area contributed by atoms with E-state index in [1.807, 2.05) is 11.8 Å². The number of hydrogen-bond donors (Lipinski definition) is 1. The van der Waals surface area contributed by atoms with Crippen LogP contribution in [0.1, 0.15) is 32.3 Å². The van der Waals surface area contributed by atoms with Crippen LogP contribution in [0.3, 0.4) is 0 Å². The van der Waals surface area contributed by atoms with Gasteiger partial charge in [-0.15, -0.1) is 0 Å². The molecule has 1 aliphatic heterocycles. The normalized spacial score (nSPS) is 23.4. The number of alkyl halides is 3. The molecule has 0 aliphatic carbocycles. The molecule has 0 spiro atoms. The summed E-state index contributed by atoms with van der Waals surface area (Å²) in [6.45, 7) is 5.37. The van der Waals surface area contributed by atoms with Crippen LogP contribution in [0.5, 0.6) is 0 Å². The average Bonchev–Trinajstić information content (AvgIpc) is 2.41. The molecule has 1 saturated heterocycles. The predicted molar refractivity (Wildman–Crippen MR) is 74.9 cm³/mol. The van der Waals surface area contributed by atoms with Crippen molar-refractivity contribution in [3.05, 3.63) is 29.6 Å². The second-order valence-corrected chi connectivity index (χ2v) is 5.56. The van der Waals surface area contributed by atoms with E-state index >= 15 is 0 Å². The molecular weight excluding hydrogens is 284 g/mol. The molecule has 1 aromatic rings. The number of rotatable bonds is 3. The van der Waals surface area contributed by atoms with Crippen LogP contribution in [0.2, 0.25) is 0 Å². The zero-order valence-corrected chi connectivity index (χ0v) is 12.2. The molecule has 0 radical (unpaired) electrons. The summed E-state index contributed by atoms with van der Waals surface area (Å²) in [7, 11) is 0. The van der Waals surface area contributed by atoms with Gasteiger partial charge in [-0.3, -0.25) is 0 Å². The molecule has 0 saturated carbocycles. The molecule has 1 fully saturated rings. The Morgan fingerprint density at radius 3 is 2.67 bits per heavy atom. The highest BCUT2D eigenvalue weighted by Gasteiger charge is 2.35. The minimum atomic E-state index is -4.67. The number of anilines is 1. The van der Waals surface area contributed by atoms with Crippen LogP contribution in [0, 0.1) is 5.82 Å². The van der Waals surface area contributed by atoms with Gasteiger partial charge in [-0.2, -0.15) is 13.2 Å². The minimum Gasteiger partial charge on any atom is -0.366 e. The van der Waals surface area contributed by atoms with Crippen LogP contribution in [0.25, 0.3) is 0 Å². The third kappa shape index (κ3) is 3.67. The van der Waals surface area contributed by atoms with E-state index in [-0.39, 0.29) is 12.1 Å². The zero-order chi connectivity index (χ0) is 15.6. The Balaban J connectivity index is 2.27. The van der Waals surface area contributed by atoms with E-state index in [4.69, 9.17) is 0 Å². The largest absolute Gasteiger partial charge is 0.419 e. The molecular formula is C15H20F4N2. The van der Waals surface area contributed by atoms with Gasteiger partial charge in [-0.25, -0.2) is 4.39 Å². The third-order valence-electron chi connectivity index (χ3n) is 3.88. The highest BCUT2D eigenvalue weighted by atomic mass is 19.4. The van der Waals surface area contributed by atoms with Crippen LogP contribution in [0.15, 0.2) is 18.2 Å². The van der Waals surface area contributed by atoms with E-state index in [1.165, 1.54) is 6.07 Å². The topological polar surface area (TPSA) is 15.3 Å². The van der Waals surface area contributed by atoms with Crippen molar-refractivity contribution in [3.63, 3.8) is 0 Å². The van der Waals surface area contributed by atoms with Crippen LogP contribution in [-0.2, 0) is 6.18 Å². The second-order valence-electron chi connectivity index (χ2n) is 5.56. The van der Waals surface area contributed by atoms with E-state index in [0.717, 1.165) is 25.0 Å². The third-order valence-corrected chi connectivity index (χ3v) is 3.88. The first-order valence-electron chi connectivity index (χ1n) is 7.19. The maximum absolute atomic E-state index is 13.4. The lowest BCUT2D eigenvalue weighted by Gasteiger charge is -2.40. The number of benzene rings is 1. The number of halogens is 4. The Kier molecular flexibility index (Phi) is 4.76. The van der Waals surface area contributed by atoms with Crippen molar-refractivity contribution in [2.45, 2.75) is 44.9 Å². The summed E-state index contributed by atoms with van der Waals surface area (Å²) in [5.41, 5.74) is -0.767. The zero-order valence-electron chi connectivity index (χ0n) is 12.2. The van der Waals surface area contributed by atoms with Gasteiger partial charge in [0.25, 0.3) is 0 Å². The maximum Gasteiger partial charge on any atom is 0.419 e. The standard InChI is InChI=1S/C15H20F4N2/c1-3-4-11-9-21(10(2)8-20-11)12-5-6-14(16)13(7-12)15(17,18)19/h5-7,10-11,20H,3-4,8-9H2,1-2H3. The lowest BCUT2D eigenvalue weighted by atomic mass is 10.0. The first-order chi connectivity index (χ1) is 9.82. The smallest absolute Gasteiger partial charge is 0.366 e. The summed E-state index contributed by atoms with van der Waals surface area (Å²) >= 11 is 0. The summed E-state index contributed by atoms with van der Waals surface area (Å²) in [4.78, 5) is 1.92. The first-order valence-corrected chi connectivity index (χ1v) is 7.19. The molecule has 1 aromatic carbocycles. The van der Waals surface area contributed by atoms with Gasteiger partial charge in [0.1, 0.15) is 5.82 Å². The highest BCUT2D eigenvalue weighted by Crippen LogP contribution is 2.34. The van der Waals surface area contributed by atoms with Crippen LogP contribution in [0.4, 0.5) is 23.2 Å². The van der Waals surface area contributed by atoms with Gasteiger partial charge in [-0.05, 0) is 31.5 Å². The summed E-state index contributed by atoms with van der Waals surface area (Å²) in [5, 5.41) is 3.39. The predicted octanol–water partition coefficient (Wildman–Crippen LogP) is 3.81. The van der Waals surface area contributed by atoms with Gasteiger partial charge in [0.2, 0.25) is 0 Å². The lowest BCUT2D eigenvalue weighted by molar-refractivity contribution is -0.139. The number of piperazine rings is 1. The molecule has 1 N–H and O–H groups in total. The van der Waals surface area contributed by atoms with Crippen molar-refractivity contribution < 1.29 is 17.6 Å². The van der Waals surface area contributed by atoms with Gasteiger partial charge >= 0.3 is 6.18 Å². The molecule has 6 heteroatoms. The minimum absolute atomic E-state index is 0.0738. The van der Waals surface area contributed by atoms with Crippen molar-refractivity contribution in [1.82, 2.24) is 5.32 Å². The van der Waals surface area contributed by atoms with Gasteiger partial charge < -0.3 is 10.2 Å². The average molecular weight is 304 g/mol. The van der Waals surface area contributed by atoms with Crippen molar-refractivity contribution in [1.29, 1.82) is 0 Å². The van der Waals surface area contributed by atoms with Gasteiger partial charge in [0.05, 0.1) is 5.56 Å². The van der Waals surface area contributed by atoms with Gasteiger partial charge in [0, 0.05) is 30.9 Å². The van der Waals surface area contributed by atoms with Crippen molar-refractivity contribution in [2.24, 2.45) is 0 Å². The SMILES string of the molecule is CCCC1CN(c2ccc(F)c(C(F)(F)F)c2)C(C)CN1. The molecule has 1 aliphatic rings. The van der Waals surface area contributed by atoms with Crippen LogP contribution >= 0.6 is 0 Å². The van der Waals surface area contributed by atoms with Crippen LogP contribution in [-0.4, -0.2) is 25.2 Å². The van der Waals surface area contributed by atoms with Crippen molar-refractivity contribution in [3.8, 4) is 0 Å². The molecule has 0 amide bonds. The monoisotopic (exact) mass is 304 g/mol. The van der Waals surface area contributed by atoms with E-state index < -0.39 is 17.6 Å². The molecule has 0 bridgehead atoms. The molecule has 2 nitrogen and oxygen atoms in total. The summed E-state index contributed by atoms with van der Waals surface area (Å²) < 4.78 is 51.8. The Morgan fingerprint density at radius 2 is 2.05 bits per heavy atom. The number of hydrogen-bond acceptors (Lipinski definition) is 2. The summed E-state index contributed by atoms with van der Waals surface area (Å²) in [6, 6.07) is 3.58. The molecule has 2 atom stereocenters. The molecule has 21 heavy (non-hydrogen) atoms. The molecule has 118 valence electrons. The molecule has 1 heterocycles. The first kappa shape index (κ1) is 16.1. The van der Waals surface area contributed by atoms with Crippen LogP contribution < -0.4 is 10.2 Å². The Bertz CT molecular complexity index is 487. The van der Waals surface area contributed by atoms with Crippen molar-refractivity contribution >= 4 is 5.69 Å². The Labute approximate surface area is 122 Å². The molecule has 2 unspecified atom stereocenters.